The van der Waals surface area contributed by atoms with Crippen LogP contribution in [0.5, 0.6) is 0 Å². The van der Waals surface area contributed by atoms with Gasteiger partial charge in [-0.25, -0.2) is 13.6 Å². The summed E-state index contributed by atoms with van der Waals surface area (Å²) < 4.78 is 22.4. The zero-order chi connectivity index (χ0) is 17.2. The number of hydrogen-bond acceptors (Lipinski definition) is 3. The van der Waals surface area contributed by atoms with Crippen molar-refractivity contribution in [3.8, 4) is 0 Å². The van der Waals surface area contributed by atoms with Gasteiger partial charge in [-0.05, 0) is 42.8 Å². The van der Waals surface area contributed by atoms with Crippen LogP contribution < -0.4 is 10.5 Å². The third-order valence-electron chi connectivity index (χ3n) is 3.24. The Kier molecular flexibility index (Phi) is 5.31. The van der Waals surface area contributed by atoms with Gasteiger partial charge in [0, 0.05) is 5.56 Å². The van der Waals surface area contributed by atoms with E-state index in [1.165, 1.54) is 18.2 Å². The van der Waals surface area contributed by atoms with Gasteiger partial charge in [-0.15, -0.1) is 0 Å². The van der Waals surface area contributed by atoms with Crippen molar-refractivity contribution >= 4 is 39.1 Å². The number of halogens is 2. The number of primary sulfonamides is 1. The number of nitrogens with two attached hydrogens (primary N) is 1. The van der Waals surface area contributed by atoms with E-state index in [1.54, 1.807) is 31.2 Å². The summed E-state index contributed by atoms with van der Waals surface area (Å²) in [7, 11) is -3.73. The Morgan fingerprint density at radius 2 is 1.70 bits per heavy atom. The fourth-order valence-electron chi connectivity index (χ4n) is 1.95. The molecule has 8 heteroatoms. The Bertz CT molecular complexity index is 836. The second-order valence-electron chi connectivity index (χ2n) is 4.94. The Balaban J connectivity index is 2.13. The maximum absolute atomic E-state index is 12.2. The summed E-state index contributed by atoms with van der Waals surface area (Å²) in [6.45, 7) is 1.78. The van der Waals surface area contributed by atoms with E-state index < -0.39 is 10.0 Å². The molecule has 2 rings (SSSR count). The van der Waals surface area contributed by atoms with E-state index in [1.807, 2.05) is 0 Å². The minimum Gasteiger partial charge on any atom is -0.346 e. The first kappa shape index (κ1) is 17.7. The molecule has 5 nitrogen and oxygen atoms in total. The molecule has 0 aliphatic rings. The Labute approximate surface area is 144 Å². The fraction of sp³-hybridized carbons (Fsp3) is 0.133. The van der Waals surface area contributed by atoms with Crippen molar-refractivity contribution in [1.29, 1.82) is 0 Å². The molecular weight excluding hydrogens is 359 g/mol. The van der Waals surface area contributed by atoms with E-state index in [2.05, 4.69) is 5.32 Å². The molecular formula is C15H14Cl2N2O3S. The average Bonchev–Trinajstić information content (AvgIpc) is 2.49. The average molecular weight is 373 g/mol. The molecule has 1 atom stereocenters. The molecule has 0 fully saturated rings. The van der Waals surface area contributed by atoms with Gasteiger partial charge in [0.05, 0.1) is 21.0 Å². The first-order valence-corrected chi connectivity index (χ1v) is 8.87. The van der Waals surface area contributed by atoms with Crippen LogP contribution in [0.2, 0.25) is 10.0 Å². The van der Waals surface area contributed by atoms with Crippen LogP contribution >= 0.6 is 23.2 Å². The van der Waals surface area contributed by atoms with Crippen LogP contribution in [0.3, 0.4) is 0 Å². The Morgan fingerprint density at radius 1 is 1.09 bits per heavy atom. The first-order chi connectivity index (χ1) is 10.7. The molecule has 0 unspecified atom stereocenters. The number of benzene rings is 2. The molecule has 3 N–H and O–H groups in total. The van der Waals surface area contributed by atoms with Crippen molar-refractivity contribution in [2.45, 2.75) is 17.9 Å². The van der Waals surface area contributed by atoms with Gasteiger partial charge in [-0.1, -0.05) is 35.3 Å². The number of carbonyl (C=O) groups excluding carboxylic acids is 1. The second kappa shape index (κ2) is 6.88. The molecule has 0 radical (unpaired) electrons. The first-order valence-electron chi connectivity index (χ1n) is 6.57. The van der Waals surface area contributed by atoms with Crippen LogP contribution in [0.1, 0.15) is 28.9 Å². The van der Waals surface area contributed by atoms with Crippen LogP contribution in [-0.2, 0) is 10.0 Å². The number of carbonyl (C=O) groups is 1. The summed E-state index contributed by atoms with van der Waals surface area (Å²) in [4.78, 5) is 12.2. The van der Waals surface area contributed by atoms with Gasteiger partial charge in [-0.2, -0.15) is 0 Å². The highest BCUT2D eigenvalue weighted by Crippen LogP contribution is 2.23. The van der Waals surface area contributed by atoms with Gasteiger partial charge in [-0.3, -0.25) is 4.79 Å². The van der Waals surface area contributed by atoms with Crippen LogP contribution in [0.4, 0.5) is 0 Å². The second-order valence-corrected chi connectivity index (χ2v) is 7.31. The standard InChI is InChI=1S/C15H14Cl2N2O3S/c1-9(10-2-5-12(6-3-10)23(18,21)22)19-15(20)11-4-7-13(16)14(17)8-11/h2-9H,1H3,(H,19,20)(H2,18,21,22)/t9-/m0/s1. The lowest BCUT2D eigenvalue weighted by atomic mass is 10.1. The minimum atomic E-state index is -3.73. The van der Waals surface area contributed by atoms with Crippen molar-refractivity contribution in [3.63, 3.8) is 0 Å². The van der Waals surface area contributed by atoms with Crippen LogP contribution in [0.15, 0.2) is 47.4 Å². The molecule has 0 heterocycles. The van der Waals surface area contributed by atoms with Crippen molar-refractivity contribution in [3.05, 3.63) is 63.6 Å². The largest absolute Gasteiger partial charge is 0.346 e. The third-order valence-corrected chi connectivity index (χ3v) is 4.91. The van der Waals surface area contributed by atoms with E-state index in [-0.39, 0.29) is 16.8 Å². The van der Waals surface area contributed by atoms with E-state index >= 15 is 0 Å². The SMILES string of the molecule is C[C@H](NC(=O)c1ccc(Cl)c(Cl)c1)c1ccc(S(N)(=O)=O)cc1. The summed E-state index contributed by atoms with van der Waals surface area (Å²) in [5.74, 6) is -0.313. The lowest BCUT2D eigenvalue weighted by molar-refractivity contribution is 0.0940. The number of sulfonamides is 1. The highest BCUT2D eigenvalue weighted by atomic mass is 35.5. The van der Waals surface area contributed by atoms with E-state index in [0.717, 1.165) is 5.56 Å². The quantitative estimate of drug-likeness (QED) is 0.863. The fourth-order valence-corrected chi connectivity index (χ4v) is 2.76. The lowest BCUT2D eigenvalue weighted by Crippen LogP contribution is -2.26. The summed E-state index contributed by atoms with van der Waals surface area (Å²) in [6.07, 6.45) is 0. The van der Waals surface area contributed by atoms with Crippen LogP contribution in [0, 0.1) is 0 Å². The van der Waals surface area contributed by atoms with E-state index in [0.29, 0.717) is 15.6 Å². The lowest BCUT2D eigenvalue weighted by Gasteiger charge is -2.15. The highest BCUT2D eigenvalue weighted by molar-refractivity contribution is 7.89. The molecule has 0 aromatic heterocycles. The van der Waals surface area contributed by atoms with Crippen molar-refractivity contribution in [1.82, 2.24) is 5.32 Å². The van der Waals surface area contributed by atoms with E-state index in [9.17, 15) is 13.2 Å². The normalized spacial score (nSPS) is 12.7. The molecule has 23 heavy (non-hydrogen) atoms. The van der Waals surface area contributed by atoms with Crippen molar-refractivity contribution < 1.29 is 13.2 Å². The topological polar surface area (TPSA) is 89.3 Å². The highest BCUT2D eigenvalue weighted by Gasteiger charge is 2.14. The molecule has 0 aliphatic carbocycles. The number of amides is 1. The number of hydrogen-bond donors (Lipinski definition) is 2. The molecule has 0 saturated carbocycles. The smallest absolute Gasteiger partial charge is 0.251 e. The monoisotopic (exact) mass is 372 g/mol. The zero-order valence-electron chi connectivity index (χ0n) is 12.1. The summed E-state index contributed by atoms with van der Waals surface area (Å²) in [6, 6.07) is 10.3. The molecule has 1 amide bonds. The van der Waals surface area contributed by atoms with Gasteiger partial charge in [0.25, 0.3) is 5.91 Å². The predicted octanol–water partition coefficient (Wildman–Crippen LogP) is 3.13. The van der Waals surface area contributed by atoms with E-state index in [4.69, 9.17) is 28.3 Å². The minimum absolute atomic E-state index is 0.0178. The summed E-state index contributed by atoms with van der Waals surface area (Å²) >= 11 is 11.7. The van der Waals surface area contributed by atoms with Gasteiger partial charge in [0.1, 0.15) is 0 Å². The van der Waals surface area contributed by atoms with Crippen LogP contribution in [-0.4, -0.2) is 14.3 Å². The summed E-state index contributed by atoms with van der Waals surface area (Å²) in [5.41, 5.74) is 1.12. The molecule has 0 aliphatic heterocycles. The zero-order valence-corrected chi connectivity index (χ0v) is 14.4. The van der Waals surface area contributed by atoms with Gasteiger partial charge < -0.3 is 5.32 Å². The molecule has 122 valence electrons. The molecule has 2 aromatic rings. The van der Waals surface area contributed by atoms with Gasteiger partial charge in [0.15, 0.2) is 0 Å². The molecule has 0 spiro atoms. The molecule has 0 bridgehead atoms. The Morgan fingerprint density at radius 3 is 2.22 bits per heavy atom. The third kappa shape index (κ3) is 4.45. The van der Waals surface area contributed by atoms with Gasteiger partial charge in [0.2, 0.25) is 10.0 Å². The van der Waals surface area contributed by atoms with Gasteiger partial charge >= 0.3 is 0 Å². The predicted molar refractivity (Wildman–Crippen MR) is 90.2 cm³/mol. The molecule has 2 aromatic carbocycles. The Hall–Kier alpha value is -1.60. The molecule has 0 saturated heterocycles. The maximum Gasteiger partial charge on any atom is 0.251 e. The maximum atomic E-state index is 12.2. The van der Waals surface area contributed by atoms with Crippen LogP contribution in [0.25, 0.3) is 0 Å². The number of nitrogens with one attached hydrogen (secondary N) is 1. The van der Waals surface area contributed by atoms with Crippen molar-refractivity contribution in [2.24, 2.45) is 5.14 Å². The summed E-state index contributed by atoms with van der Waals surface area (Å²) in [5, 5.41) is 8.51. The van der Waals surface area contributed by atoms with Crippen molar-refractivity contribution in [2.75, 3.05) is 0 Å². The number of rotatable bonds is 4.